The molecule has 2 N–H and O–H groups in total. The lowest BCUT2D eigenvalue weighted by molar-refractivity contribution is 0.0955. The van der Waals surface area contributed by atoms with Gasteiger partial charge in [0.05, 0.1) is 37.3 Å². The number of furan rings is 1. The Balaban J connectivity index is 1.63. The SMILES string of the molecule is COc1ccc(CCNC(=O)c2ccccc2NC(=O)c2ccoc2C)cc1OC. The van der Waals surface area contributed by atoms with Gasteiger partial charge in [0, 0.05) is 6.54 Å². The molecule has 156 valence electrons. The number of nitrogens with one attached hydrogen (secondary N) is 2. The third-order valence-electron chi connectivity index (χ3n) is 4.67. The van der Waals surface area contributed by atoms with Gasteiger partial charge in [-0.2, -0.15) is 0 Å². The molecule has 3 aromatic rings. The molecule has 0 spiro atoms. The van der Waals surface area contributed by atoms with E-state index >= 15 is 0 Å². The van der Waals surface area contributed by atoms with Crippen LogP contribution >= 0.6 is 0 Å². The summed E-state index contributed by atoms with van der Waals surface area (Å²) in [6, 6.07) is 14.1. The molecule has 2 aromatic carbocycles. The number of para-hydroxylation sites is 1. The Hall–Kier alpha value is -3.74. The Bertz CT molecular complexity index is 1040. The zero-order valence-electron chi connectivity index (χ0n) is 17.2. The fourth-order valence-electron chi connectivity index (χ4n) is 3.05. The first-order valence-electron chi connectivity index (χ1n) is 9.47. The highest BCUT2D eigenvalue weighted by Crippen LogP contribution is 2.27. The summed E-state index contributed by atoms with van der Waals surface area (Å²) in [6.07, 6.45) is 2.08. The maximum atomic E-state index is 12.7. The summed E-state index contributed by atoms with van der Waals surface area (Å²) in [5, 5.41) is 5.67. The molecule has 0 fully saturated rings. The molecule has 0 saturated carbocycles. The maximum absolute atomic E-state index is 12.7. The van der Waals surface area contributed by atoms with Gasteiger partial charge in [-0.25, -0.2) is 0 Å². The highest BCUT2D eigenvalue weighted by atomic mass is 16.5. The summed E-state index contributed by atoms with van der Waals surface area (Å²) in [7, 11) is 3.17. The van der Waals surface area contributed by atoms with Crippen molar-refractivity contribution >= 4 is 17.5 Å². The largest absolute Gasteiger partial charge is 0.493 e. The van der Waals surface area contributed by atoms with Gasteiger partial charge in [0.15, 0.2) is 11.5 Å². The lowest BCUT2D eigenvalue weighted by atomic mass is 10.1. The fourth-order valence-corrected chi connectivity index (χ4v) is 3.05. The molecule has 30 heavy (non-hydrogen) atoms. The van der Waals surface area contributed by atoms with Crippen LogP contribution in [0, 0.1) is 6.92 Å². The van der Waals surface area contributed by atoms with E-state index in [9.17, 15) is 9.59 Å². The molecule has 7 heteroatoms. The highest BCUT2D eigenvalue weighted by molar-refractivity contribution is 6.09. The van der Waals surface area contributed by atoms with Crippen LogP contribution in [0.25, 0.3) is 0 Å². The van der Waals surface area contributed by atoms with Gasteiger partial charge in [-0.15, -0.1) is 0 Å². The molecule has 0 aliphatic rings. The molecule has 3 rings (SSSR count). The molecule has 7 nitrogen and oxygen atoms in total. The van der Waals surface area contributed by atoms with E-state index in [1.54, 1.807) is 51.5 Å². The first-order valence-corrected chi connectivity index (χ1v) is 9.47. The molecule has 1 heterocycles. The lowest BCUT2D eigenvalue weighted by Gasteiger charge is -2.12. The standard InChI is InChI=1S/C23H24N2O5/c1-15-17(11-13-30-15)23(27)25-19-7-5-4-6-18(19)22(26)24-12-10-16-8-9-20(28-2)21(14-16)29-3/h4-9,11,13-14H,10,12H2,1-3H3,(H,24,26)(H,25,27). The van der Waals surface area contributed by atoms with Crippen LogP contribution in [-0.4, -0.2) is 32.6 Å². The molecular formula is C23H24N2O5. The monoisotopic (exact) mass is 408 g/mol. The zero-order valence-corrected chi connectivity index (χ0v) is 17.2. The second-order valence-corrected chi connectivity index (χ2v) is 6.59. The molecule has 2 amide bonds. The Morgan fingerprint density at radius 2 is 1.70 bits per heavy atom. The van der Waals surface area contributed by atoms with E-state index in [0.29, 0.717) is 47.0 Å². The van der Waals surface area contributed by atoms with E-state index < -0.39 is 0 Å². The predicted molar refractivity (Wildman–Crippen MR) is 113 cm³/mol. The van der Waals surface area contributed by atoms with Gasteiger partial charge in [0.1, 0.15) is 5.76 Å². The molecular weight excluding hydrogens is 384 g/mol. The van der Waals surface area contributed by atoms with E-state index in [2.05, 4.69) is 10.6 Å². The van der Waals surface area contributed by atoms with Crippen LogP contribution in [0.2, 0.25) is 0 Å². The number of aryl methyl sites for hydroxylation is 1. The molecule has 0 saturated heterocycles. The van der Waals surface area contributed by atoms with Crippen molar-refractivity contribution in [3.05, 3.63) is 77.2 Å². The number of ether oxygens (including phenoxy) is 2. The summed E-state index contributed by atoms with van der Waals surface area (Å²) in [5.41, 5.74) is 2.26. The number of hydrogen-bond acceptors (Lipinski definition) is 5. The summed E-state index contributed by atoms with van der Waals surface area (Å²) < 4.78 is 15.7. The van der Waals surface area contributed by atoms with Crippen molar-refractivity contribution in [2.24, 2.45) is 0 Å². The minimum absolute atomic E-state index is 0.268. The zero-order chi connectivity index (χ0) is 21.5. The van der Waals surface area contributed by atoms with Gasteiger partial charge in [-0.1, -0.05) is 18.2 Å². The van der Waals surface area contributed by atoms with Gasteiger partial charge in [0.2, 0.25) is 0 Å². The number of hydrogen-bond donors (Lipinski definition) is 2. The smallest absolute Gasteiger partial charge is 0.259 e. The number of methoxy groups -OCH3 is 2. The molecule has 0 aliphatic heterocycles. The van der Waals surface area contributed by atoms with Crippen LogP contribution in [0.15, 0.2) is 59.2 Å². The topological polar surface area (TPSA) is 89.8 Å². The number of amides is 2. The molecule has 0 radical (unpaired) electrons. The second kappa shape index (κ2) is 9.65. The van der Waals surface area contributed by atoms with E-state index in [1.807, 2.05) is 18.2 Å². The van der Waals surface area contributed by atoms with Crippen LogP contribution in [0.4, 0.5) is 5.69 Å². The number of anilines is 1. The third-order valence-corrected chi connectivity index (χ3v) is 4.67. The van der Waals surface area contributed by atoms with Crippen molar-refractivity contribution in [1.82, 2.24) is 5.32 Å². The Labute approximate surface area is 175 Å². The van der Waals surface area contributed by atoms with E-state index in [0.717, 1.165) is 5.56 Å². The van der Waals surface area contributed by atoms with Crippen LogP contribution in [0.1, 0.15) is 32.0 Å². The van der Waals surface area contributed by atoms with Crippen LogP contribution < -0.4 is 20.1 Å². The van der Waals surface area contributed by atoms with Gasteiger partial charge in [-0.3, -0.25) is 9.59 Å². The summed E-state index contributed by atoms with van der Waals surface area (Å²) in [4.78, 5) is 25.1. The van der Waals surface area contributed by atoms with Crippen LogP contribution in [0.5, 0.6) is 11.5 Å². The average Bonchev–Trinajstić information content (AvgIpc) is 3.19. The van der Waals surface area contributed by atoms with Crippen LogP contribution in [0.3, 0.4) is 0 Å². The first-order chi connectivity index (χ1) is 14.5. The number of benzene rings is 2. The van der Waals surface area contributed by atoms with Crippen molar-refractivity contribution in [1.29, 1.82) is 0 Å². The van der Waals surface area contributed by atoms with Crippen molar-refractivity contribution < 1.29 is 23.5 Å². The predicted octanol–water partition coefficient (Wildman–Crippen LogP) is 3.83. The van der Waals surface area contributed by atoms with Crippen LogP contribution in [-0.2, 0) is 6.42 Å². The number of rotatable bonds is 8. The maximum Gasteiger partial charge on any atom is 0.259 e. The molecule has 0 atom stereocenters. The van der Waals surface area contributed by atoms with E-state index in [4.69, 9.17) is 13.9 Å². The molecule has 0 bridgehead atoms. The first kappa shape index (κ1) is 21.0. The van der Waals surface area contributed by atoms with Crippen molar-refractivity contribution in [2.75, 3.05) is 26.1 Å². The molecule has 0 unspecified atom stereocenters. The van der Waals surface area contributed by atoms with Gasteiger partial charge in [-0.05, 0) is 49.2 Å². The van der Waals surface area contributed by atoms with Gasteiger partial charge < -0.3 is 24.5 Å². The summed E-state index contributed by atoms with van der Waals surface area (Å²) in [5.74, 6) is 1.22. The Morgan fingerprint density at radius 3 is 2.40 bits per heavy atom. The quantitative estimate of drug-likeness (QED) is 0.591. The normalized spacial score (nSPS) is 10.4. The summed E-state index contributed by atoms with van der Waals surface area (Å²) >= 11 is 0. The minimum atomic E-state index is -0.327. The molecule has 1 aromatic heterocycles. The van der Waals surface area contributed by atoms with E-state index in [-0.39, 0.29) is 11.8 Å². The van der Waals surface area contributed by atoms with Crippen molar-refractivity contribution in [2.45, 2.75) is 13.3 Å². The number of carbonyl (C=O) groups excluding carboxylic acids is 2. The average molecular weight is 408 g/mol. The van der Waals surface area contributed by atoms with Crippen molar-refractivity contribution in [3.8, 4) is 11.5 Å². The minimum Gasteiger partial charge on any atom is -0.493 e. The highest BCUT2D eigenvalue weighted by Gasteiger charge is 2.16. The lowest BCUT2D eigenvalue weighted by Crippen LogP contribution is -2.27. The second-order valence-electron chi connectivity index (χ2n) is 6.59. The third kappa shape index (κ3) is 4.81. The summed E-state index contributed by atoms with van der Waals surface area (Å²) in [6.45, 7) is 2.14. The van der Waals surface area contributed by atoms with Gasteiger partial charge in [0.25, 0.3) is 11.8 Å². The number of carbonyl (C=O) groups is 2. The van der Waals surface area contributed by atoms with Gasteiger partial charge >= 0.3 is 0 Å². The van der Waals surface area contributed by atoms with E-state index in [1.165, 1.54) is 6.26 Å². The van der Waals surface area contributed by atoms with Crippen molar-refractivity contribution in [3.63, 3.8) is 0 Å². The Morgan fingerprint density at radius 1 is 0.933 bits per heavy atom. The fraction of sp³-hybridized carbons (Fsp3) is 0.217. The Kier molecular flexibility index (Phi) is 6.75. The molecule has 0 aliphatic carbocycles.